The highest BCUT2D eigenvalue weighted by atomic mass is 16.6. The average Bonchev–Trinajstić information content (AvgIpc) is 2.83. The van der Waals surface area contributed by atoms with Crippen molar-refractivity contribution in [1.82, 2.24) is 0 Å². The summed E-state index contributed by atoms with van der Waals surface area (Å²) in [6.07, 6.45) is 0. The molecular weight excluding hydrogens is 428 g/mol. The first kappa shape index (κ1) is 23.3. The Labute approximate surface area is 191 Å². The summed E-state index contributed by atoms with van der Waals surface area (Å²) in [5.74, 6) is 1.02. The predicted molar refractivity (Wildman–Crippen MR) is 122 cm³/mol. The number of benzene rings is 2. The lowest BCUT2D eigenvalue weighted by atomic mass is 10.1. The molecule has 0 atom stereocenters. The van der Waals surface area contributed by atoms with Crippen molar-refractivity contribution in [3.8, 4) is 22.6 Å². The SMILES string of the molecule is O=c1oc2cc3c(cc2cc1-c1ccccc1)OCCOCCOCCOCCOCCO3. The van der Waals surface area contributed by atoms with E-state index in [1.807, 2.05) is 42.5 Å². The smallest absolute Gasteiger partial charge is 0.344 e. The fraction of sp³-hybridized carbons (Fsp3) is 0.400. The van der Waals surface area contributed by atoms with Crippen molar-refractivity contribution in [1.29, 1.82) is 0 Å². The zero-order valence-corrected chi connectivity index (χ0v) is 18.5. The number of hydrogen-bond acceptors (Lipinski definition) is 8. The molecule has 8 nitrogen and oxygen atoms in total. The van der Waals surface area contributed by atoms with E-state index in [9.17, 15) is 4.79 Å². The molecule has 4 rings (SSSR count). The number of ether oxygens (including phenoxy) is 6. The minimum atomic E-state index is -0.409. The van der Waals surface area contributed by atoms with E-state index in [1.54, 1.807) is 6.07 Å². The van der Waals surface area contributed by atoms with Crippen molar-refractivity contribution in [3.05, 3.63) is 59.0 Å². The van der Waals surface area contributed by atoms with Crippen LogP contribution in [0.15, 0.2) is 57.7 Å². The molecule has 3 aromatic rings. The van der Waals surface area contributed by atoms with Gasteiger partial charge in [0.05, 0.1) is 58.4 Å². The summed E-state index contributed by atoms with van der Waals surface area (Å²) in [6, 6.07) is 14.7. The van der Waals surface area contributed by atoms with Crippen LogP contribution in [0.4, 0.5) is 0 Å². The Balaban J connectivity index is 1.55. The van der Waals surface area contributed by atoms with Gasteiger partial charge in [-0.2, -0.15) is 0 Å². The van der Waals surface area contributed by atoms with E-state index in [-0.39, 0.29) is 0 Å². The topological polar surface area (TPSA) is 85.6 Å². The molecule has 1 aliphatic rings. The quantitative estimate of drug-likeness (QED) is 0.516. The summed E-state index contributed by atoms with van der Waals surface area (Å²) < 4.78 is 39.4. The maximum atomic E-state index is 12.6. The van der Waals surface area contributed by atoms with Gasteiger partial charge in [0, 0.05) is 11.5 Å². The van der Waals surface area contributed by atoms with Gasteiger partial charge in [-0.05, 0) is 17.7 Å². The molecule has 2 aromatic carbocycles. The van der Waals surface area contributed by atoms with E-state index < -0.39 is 5.63 Å². The van der Waals surface area contributed by atoms with Crippen LogP contribution in [0.25, 0.3) is 22.1 Å². The maximum absolute atomic E-state index is 12.6. The summed E-state index contributed by atoms with van der Waals surface area (Å²) in [4.78, 5) is 12.6. The van der Waals surface area contributed by atoms with E-state index in [0.717, 1.165) is 10.9 Å². The second-order valence-electron chi connectivity index (χ2n) is 7.30. The normalized spacial score (nSPS) is 17.2. The molecule has 0 aliphatic carbocycles. The van der Waals surface area contributed by atoms with Gasteiger partial charge in [-0.25, -0.2) is 4.79 Å². The van der Waals surface area contributed by atoms with Crippen LogP contribution in [-0.4, -0.2) is 66.1 Å². The highest BCUT2D eigenvalue weighted by Gasteiger charge is 2.13. The van der Waals surface area contributed by atoms with Crippen LogP contribution in [0.2, 0.25) is 0 Å². The molecule has 1 aromatic heterocycles. The first-order valence-corrected chi connectivity index (χ1v) is 11.1. The van der Waals surface area contributed by atoms with Crippen molar-refractivity contribution in [3.63, 3.8) is 0 Å². The second-order valence-corrected chi connectivity index (χ2v) is 7.30. The van der Waals surface area contributed by atoms with Gasteiger partial charge in [-0.3, -0.25) is 0 Å². The Morgan fingerprint density at radius 3 is 1.67 bits per heavy atom. The minimum Gasteiger partial charge on any atom is -0.487 e. The summed E-state index contributed by atoms with van der Waals surface area (Å²) in [5, 5.41) is 0.737. The Morgan fingerprint density at radius 2 is 1.09 bits per heavy atom. The number of hydrogen-bond donors (Lipinski definition) is 0. The summed E-state index contributed by atoms with van der Waals surface area (Å²) in [6.45, 7) is 4.38. The summed E-state index contributed by atoms with van der Waals surface area (Å²) in [5.41, 5.74) is 1.30. The molecule has 33 heavy (non-hydrogen) atoms. The van der Waals surface area contributed by atoms with E-state index >= 15 is 0 Å². The third-order valence-electron chi connectivity index (χ3n) is 4.97. The standard InChI is InChI=1S/C25H28O8/c26-25-21(19-4-2-1-3-5-19)16-20-17-23-24(18-22(20)33-25)32-15-13-30-11-9-28-7-6-27-8-10-29-12-14-31-23/h1-5,16-18H,6-15H2. The molecule has 0 fully saturated rings. The van der Waals surface area contributed by atoms with Crippen LogP contribution in [-0.2, 0) is 18.9 Å². The molecule has 0 spiro atoms. The molecule has 0 N–H and O–H groups in total. The fourth-order valence-corrected chi connectivity index (χ4v) is 3.35. The molecule has 0 bridgehead atoms. The molecule has 176 valence electrons. The van der Waals surface area contributed by atoms with Gasteiger partial charge in [0.2, 0.25) is 0 Å². The first-order valence-electron chi connectivity index (χ1n) is 11.1. The van der Waals surface area contributed by atoms with Gasteiger partial charge in [0.25, 0.3) is 0 Å². The fourth-order valence-electron chi connectivity index (χ4n) is 3.35. The van der Waals surface area contributed by atoms with E-state index in [0.29, 0.717) is 88.7 Å². The monoisotopic (exact) mass is 456 g/mol. The van der Waals surface area contributed by atoms with Gasteiger partial charge in [0.1, 0.15) is 18.8 Å². The second kappa shape index (κ2) is 12.4. The maximum Gasteiger partial charge on any atom is 0.344 e. The Hall–Kier alpha value is -2.91. The largest absolute Gasteiger partial charge is 0.487 e. The molecule has 0 unspecified atom stereocenters. The lowest BCUT2D eigenvalue weighted by Crippen LogP contribution is -2.16. The van der Waals surface area contributed by atoms with Crippen LogP contribution in [0.3, 0.4) is 0 Å². The molecular formula is C25H28O8. The zero-order chi connectivity index (χ0) is 22.7. The molecule has 0 saturated heterocycles. The van der Waals surface area contributed by atoms with Gasteiger partial charge in [-0.15, -0.1) is 0 Å². The molecule has 1 aliphatic heterocycles. The van der Waals surface area contributed by atoms with E-state index in [1.165, 1.54) is 0 Å². The third kappa shape index (κ3) is 6.79. The van der Waals surface area contributed by atoms with Gasteiger partial charge in [-0.1, -0.05) is 30.3 Å². The van der Waals surface area contributed by atoms with Crippen LogP contribution in [0.5, 0.6) is 11.5 Å². The molecule has 0 saturated carbocycles. The van der Waals surface area contributed by atoms with Crippen LogP contribution < -0.4 is 15.1 Å². The predicted octanol–water partition coefficient (Wildman–Crippen LogP) is 3.30. The molecule has 2 heterocycles. The Kier molecular flexibility index (Phi) is 8.71. The Morgan fingerprint density at radius 1 is 0.576 bits per heavy atom. The lowest BCUT2D eigenvalue weighted by molar-refractivity contribution is -0.00840. The third-order valence-corrected chi connectivity index (χ3v) is 4.97. The lowest BCUT2D eigenvalue weighted by Gasteiger charge is -2.15. The zero-order valence-electron chi connectivity index (χ0n) is 18.5. The Bertz CT molecular complexity index is 1060. The minimum absolute atomic E-state index is 0.313. The van der Waals surface area contributed by atoms with Gasteiger partial charge >= 0.3 is 5.63 Å². The van der Waals surface area contributed by atoms with Crippen molar-refractivity contribution >= 4 is 11.0 Å². The van der Waals surface area contributed by atoms with E-state index in [2.05, 4.69) is 0 Å². The highest BCUT2D eigenvalue weighted by Crippen LogP contribution is 2.33. The first-order chi connectivity index (χ1) is 16.3. The van der Waals surface area contributed by atoms with Gasteiger partial charge < -0.3 is 32.8 Å². The van der Waals surface area contributed by atoms with Crippen molar-refractivity contribution < 1.29 is 32.8 Å². The summed E-state index contributed by atoms with van der Waals surface area (Å²) in [7, 11) is 0. The van der Waals surface area contributed by atoms with Crippen molar-refractivity contribution in [2.75, 3.05) is 66.1 Å². The van der Waals surface area contributed by atoms with Crippen LogP contribution in [0, 0.1) is 0 Å². The highest BCUT2D eigenvalue weighted by molar-refractivity contribution is 5.84. The number of fused-ring (bicyclic) bond motifs is 2. The van der Waals surface area contributed by atoms with Gasteiger partial charge in [0.15, 0.2) is 11.5 Å². The van der Waals surface area contributed by atoms with Crippen molar-refractivity contribution in [2.24, 2.45) is 0 Å². The van der Waals surface area contributed by atoms with Crippen LogP contribution >= 0.6 is 0 Å². The number of rotatable bonds is 1. The summed E-state index contributed by atoms with van der Waals surface area (Å²) >= 11 is 0. The molecule has 0 amide bonds. The van der Waals surface area contributed by atoms with E-state index in [4.69, 9.17) is 32.8 Å². The van der Waals surface area contributed by atoms with Crippen molar-refractivity contribution in [2.45, 2.75) is 0 Å². The van der Waals surface area contributed by atoms with Crippen LogP contribution in [0.1, 0.15) is 0 Å². The molecule has 0 radical (unpaired) electrons. The molecule has 8 heteroatoms. The average molecular weight is 456 g/mol.